The van der Waals surface area contributed by atoms with Crippen LogP contribution in [0.4, 0.5) is 5.69 Å². The van der Waals surface area contributed by atoms with Gasteiger partial charge in [-0.15, -0.1) is 0 Å². The minimum atomic E-state index is -0.0821. The van der Waals surface area contributed by atoms with E-state index in [1.807, 2.05) is 39.8 Å². The van der Waals surface area contributed by atoms with Crippen molar-refractivity contribution >= 4 is 11.6 Å². The van der Waals surface area contributed by atoms with Gasteiger partial charge in [0.15, 0.2) is 5.82 Å². The second-order valence-corrected chi connectivity index (χ2v) is 7.50. The molecule has 0 aliphatic carbocycles. The van der Waals surface area contributed by atoms with Gasteiger partial charge >= 0.3 is 0 Å². The predicted octanol–water partition coefficient (Wildman–Crippen LogP) is 3.66. The van der Waals surface area contributed by atoms with Gasteiger partial charge in [-0.05, 0) is 63.9 Å². The van der Waals surface area contributed by atoms with Gasteiger partial charge in [-0.25, -0.2) is 9.67 Å². The molecule has 1 aliphatic rings. The van der Waals surface area contributed by atoms with E-state index in [0.717, 1.165) is 29.1 Å². The fourth-order valence-electron chi connectivity index (χ4n) is 3.34. The summed E-state index contributed by atoms with van der Waals surface area (Å²) in [4.78, 5) is 21.1. The summed E-state index contributed by atoms with van der Waals surface area (Å²) in [5, 5.41) is 7.48. The van der Waals surface area contributed by atoms with E-state index in [9.17, 15) is 4.79 Å². The highest BCUT2D eigenvalue weighted by molar-refractivity contribution is 5.92. The number of ether oxygens (including phenoxy) is 2. The molecule has 1 aromatic carbocycles. The van der Waals surface area contributed by atoms with E-state index >= 15 is 0 Å². The van der Waals surface area contributed by atoms with Crippen LogP contribution in [0.2, 0.25) is 0 Å². The van der Waals surface area contributed by atoms with Gasteiger partial charge in [0.1, 0.15) is 11.6 Å². The first-order chi connectivity index (χ1) is 14.4. The molecule has 8 nitrogen and oxygen atoms in total. The topological polar surface area (TPSA) is 91.2 Å². The van der Waals surface area contributed by atoms with Crippen LogP contribution < -0.4 is 10.1 Å². The summed E-state index contributed by atoms with van der Waals surface area (Å²) >= 11 is 0. The third kappa shape index (κ3) is 4.18. The molecule has 3 heterocycles. The Morgan fingerprint density at radius 2 is 1.93 bits per heavy atom. The summed E-state index contributed by atoms with van der Waals surface area (Å²) in [7, 11) is 0. The molecule has 1 fully saturated rings. The number of carbonyl (C=O) groups excluding carboxylic acids is 1. The Kier molecular flexibility index (Phi) is 5.50. The second-order valence-electron chi connectivity index (χ2n) is 7.50. The van der Waals surface area contributed by atoms with Crippen molar-refractivity contribution in [2.24, 2.45) is 5.92 Å². The molecule has 30 heavy (non-hydrogen) atoms. The Bertz CT molecular complexity index is 1070. The zero-order valence-corrected chi connectivity index (χ0v) is 17.6. The molecule has 4 rings (SSSR count). The summed E-state index contributed by atoms with van der Waals surface area (Å²) in [5.74, 6) is 2.21. The standard InChI is InChI=1S/C22H25N5O3/c1-13-14(2)26-27(15(13)3)20-11-21(24-16(4)23-20)30-19-7-5-18(6-8-19)25-22(28)17-9-10-29-12-17/h5-8,11,17H,9-10,12H2,1-4H3,(H,25,28). The third-order valence-electron chi connectivity index (χ3n) is 5.32. The lowest BCUT2D eigenvalue weighted by Crippen LogP contribution is -2.22. The molecule has 1 amide bonds. The van der Waals surface area contributed by atoms with Crippen molar-refractivity contribution in [2.75, 3.05) is 18.5 Å². The number of hydrogen-bond acceptors (Lipinski definition) is 6. The van der Waals surface area contributed by atoms with Crippen LogP contribution in [-0.2, 0) is 9.53 Å². The SMILES string of the molecule is Cc1nc(Oc2ccc(NC(=O)C3CCOC3)cc2)cc(-n2nc(C)c(C)c2C)n1. The van der Waals surface area contributed by atoms with Crippen LogP contribution in [-0.4, -0.2) is 38.9 Å². The Labute approximate surface area is 175 Å². The van der Waals surface area contributed by atoms with Gasteiger partial charge in [0.2, 0.25) is 11.8 Å². The summed E-state index contributed by atoms with van der Waals surface area (Å²) in [6, 6.07) is 8.98. The van der Waals surface area contributed by atoms with Crippen molar-refractivity contribution in [2.45, 2.75) is 34.1 Å². The molecular weight excluding hydrogens is 382 g/mol. The maximum absolute atomic E-state index is 12.2. The third-order valence-corrected chi connectivity index (χ3v) is 5.32. The fourth-order valence-corrected chi connectivity index (χ4v) is 3.34. The number of anilines is 1. The van der Waals surface area contributed by atoms with Crippen LogP contribution >= 0.6 is 0 Å². The van der Waals surface area contributed by atoms with Crippen LogP contribution in [0.25, 0.3) is 5.82 Å². The number of benzene rings is 1. The van der Waals surface area contributed by atoms with Crippen molar-refractivity contribution in [3.8, 4) is 17.4 Å². The molecule has 0 spiro atoms. The van der Waals surface area contributed by atoms with Gasteiger partial charge in [-0.1, -0.05) is 0 Å². The Morgan fingerprint density at radius 1 is 1.17 bits per heavy atom. The average molecular weight is 407 g/mol. The molecular formula is C22H25N5O3. The first kappa shape index (κ1) is 20.0. The molecule has 1 unspecified atom stereocenters. The van der Waals surface area contributed by atoms with E-state index in [2.05, 4.69) is 20.4 Å². The predicted molar refractivity (Wildman–Crippen MR) is 112 cm³/mol. The molecule has 0 bridgehead atoms. The largest absolute Gasteiger partial charge is 0.439 e. The van der Waals surface area contributed by atoms with Gasteiger partial charge < -0.3 is 14.8 Å². The monoisotopic (exact) mass is 407 g/mol. The number of rotatable bonds is 5. The number of nitrogens with one attached hydrogen (secondary N) is 1. The number of aryl methyl sites for hydroxylation is 2. The average Bonchev–Trinajstić information content (AvgIpc) is 3.34. The molecule has 0 saturated carbocycles. The summed E-state index contributed by atoms with van der Waals surface area (Å²) in [5.41, 5.74) is 3.85. The van der Waals surface area contributed by atoms with E-state index < -0.39 is 0 Å². The fraction of sp³-hybridized carbons (Fsp3) is 0.364. The zero-order valence-electron chi connectivity index (χ0n) is 17.6. The molecule has 1 N–H and O–H groups in total. The van der Waals surface area contributed by atoms with Crippen LogP contribution in [0.15, 0.2) is 30.3 Å². The van der Waals surface area contributed by atoms with E-state index in [4.69, 9.17) is 9.47 Å². The van der Waals surface area contributed by atoms with Crippen LogP contribution in [0.1, 0.15) is 29.2 Å². The maximum atomic E-state index is 12.2. The van der Waals surface area contributed by atoms with Crippen LogP contribution in [0, 0.1) is 33.6 Å². The Hall–Kier alpha value is -3.26. The highest BCUT2D eigenvalue weighted by Crippen LogP contribution is 2.25. The van der Waals surface area contributed by atoms with E-state index in [1.165, 1.54) is 0 Å². The summed E-state index contributed by atoms with van der Waals surface area (Å²) in [6.45, 7) is 8.97. The highest BCUT2D eigenvalue weighted by Gasteiger charge is 2.23. The molecule has 1 atom stereocenters. The normalized spacial score (nSPS) is 15.9. The lowest BCUT2D eigenvalue weighted by molar-refractivity contribution is -0.119. The zero-order chi connectivity index (χ0) is 21.3. The van der Waals surface area contributed by atoms with Crippen molar-refractivity contribution in [3.05, 3.63) is 53.1 Å². The summed E-state index contributed by atoms with van der Waals surface area (Å²) < 4.78 is 13.0. The van der Waals surface area contributed by atoms with Crippen molar-refractivity contribution in [3.63, 3.8) is 0 Å². The molecule has 1 aliphatic heterocycles. The van der Waals surface area contributed by atoms with Gasteiger partial charge in [-0.3, -0.25) is 4.79 Å². The van der Waals surface area contributed by atoms with Crippen LogP contribution in [0.5, 0.6) is 11.6 Å². The molecule has 2 aromatic heterocycles. The number of amides is 1. The Balaban J connectivity index is 1.49. The Morgan fingerprint density at radius 3 is 2.57 bits per heavy atom. The van der Waals surface area contributed by atoms with Gasteiger partial charge in [0.05, 0.1) is 18.2 Å². The van der Waals surface area contributed by atoms with Crippen LogP contribution in [0.3, 0.4) is 0 Å². The van der Waals surface area contributed by atoms with Gasteiger partial charge in [-0.2, -0.15) is 10.1 Å². The van der Waals surface area contributed by atoms with Crippen molar-refractivity contribution < 1.29 is 14.3 Å². The van der Waals surface area contributed by atoms with Crippen molar-refractivity contribution in [1.29, 1.82) is 0 Å². The molecule has 156 valence electrons. The number of aromatic nitrogens is 4. The number of nitrogens with zero attached hydrogens (tertiary/aromatic N) is 4. The van der Waals surface area contributed by atoms with Gasteiger partial charge in [0, 0.05) is 24.1 Å². The lowest BCUT2D eigenvalue weighted by Gasteiger charge is -2.11. The van der Waals surface area contributed by atoms with Gasteiger partial charge in [0.25, 0.3) is 0 Å². The second kappa shape index (κ2) is 8.23. The smallest absolute Gasteiger partial charge is 0.229 e. The van der Waals surface area contributed by atoms with E-state index in [-0.39, 0.29) is 11.8 Å². The maximum Gasteiger partial charge on any atom is 0.229 e. The lowest BCUT2D eigenvalue weighted by atomic mass is 10.1. The van der Waals surface area contributed by atoms with Crippen molar-refractivity contribution in [1.82, 2.24) is 19.7 Å². The molecule has 0 radical (unpaired) electrons. The minimum absolute atomic E-state index is 0.0163. The highest BCUT2D eigenvalue weighted by atomic mass is 16.5. The molecule has 3 aromatic rings. The van der Waals surface area contributed by atoms with E-state index in [0.29, 0.717) is 36.5 Å². The minimum Gasteiger partial charge on any atom is -0.439 e. The first-order valence-electron chi connectivity index (χ1n) is 9.96. The van der Waals surface area contributed by atoms with E-state index in [1.54, 1.807) is 22.9 Å². The number of carbonyl (C=O) groups is 1. The first-order valence-corrected chi connectivity index (χ1v) is 9.96. The number of hydrogen-bond donors (Lipinski definition) is 1. The molecule has 1 saturated heterocycles. The summed E-state index contributed by atoms with van der Waals surface area (Å²) in [6.07, 6.45) is 0.761. The quantitative estimate of drug-likeness (QED) is 0.694. The molecule has 8 heteroatoms.